The van der Waals surface area contributed by atoms with Crippen LogP contribution in [0.4, 0.5) is 5.69 Å². The molecule has 1 rings (SSSR count). The zero-order valence-corrected chi connectivity index (χ0v) is 9.62. The first-order valence-electron chi connectivity index (χ1n) is 5.43. The maximum absolute atomic E-state index is 3.58. The van der Waals surface area contributed by atoms with Crippen LogP contribution >= 0.6 is 0 Å². The summed E-state index contributed by atoms with van der Waals surface area (Å²) in [5.41, 5.74) is 1.22. The zero-order valence-electron chi connectivity index (χ0n) is 9.62. The monoisotopic (exact) mass is 191 g/mol. The van der Waals surface area contributed by atoms with E-state index in [0.717, 1.165) is 0 Å². The van der Waals surface area contributed by atoms with Crippen LogP contribution in [-0.2, 0) is 0 Å². The summed E-state index contributed by atoms with van der Waals surface area (Å²) in [7, 11) is 0. The summed E-state index contributed by atoms with van der Waals surface area (Å²) in [6, 6.07) is 11.0. The van der Waals surface area contributed by atoms with Crippen LogP contribution in [0.2, 0.25) is 0 Å². The van der Waals surface area contributed by atoms with Gasteiger partial charge in [-0.2, -0.15) is 0 Å². The van der Waals surface area contributed by atoms with Gasteiger partial charge in [-0.25, -0.2) is 0 Å². The van der Waals surface area contributed by atoms with E-state index >= 15 is 0 Å². The SMILES string of the molecule is CC(C)C(Nc1ccccc1)C(C)C. The van der Waals surface area contributed by atoms with Gasteiger partial charge in [0.15, 0.2) is 0 Å². The van der Waals surface area contributed by atoms with Gasteiger partial charge in [0.25, 0.3) is 0 Å². The minimum Gasteiger partial charge on any atom is -0.382 e. The largest absolute Gasteiger partial charge is 0.382 e. The number of nitrogens with one attached hydrogen (secondary N) is 1. The van der Waals surface area contributed by atoms with E-state index in [1.54, 1.807) is 0 Å². The third-order valence-corrected chi connectivity index (χ3v) is 2.54. The van der Waals surface area contributed by atoms with Crippen molar-refractivity contribution in [3.63, 3.8) is 0 Å². The molecule has 0 radical (unpaired) electrons. The summed E-state index contributed by atoms with van der Waals surface area (Å²) < 4.78 is 0. The molecule has 0 aliphatic carbocycles. The van der Waals surface area contributed by atoms with Gasteiger partial charge in [-0.05, 0) is 24.0 Å². The van der Waals surface area contributed by atoms with Crippen LogP contribution in [-0.4, -0.2) is 6.04 Å². The average molecular weight is 191 g/mol. The molecule has 0 spiro atoms. The molecule has 0 saturated carbocycles. The Bertz CT molecular complexity index is 243. The minimum atomic E-state index is 0.553. The Kier molecular flexibility index (Phi) is 3.99. The van der Waals surface area contributed by atoms with Gasteiger partial charge in [-0.15, -0.1) is 0 Å². The Morgan fingerprint density at radius 3 is 1.79 bits per heavy atom. The Morgan fingerprint density at radius 2 is 1.36 bits per heavy atom. The molecule has 1 aromatic rings. The van der Waals surface area contributed by atoms with E-state index in [-0.39, 0.29) is 0 Å². The fourth-order valence-corrected chi connectivity index (χ4v) is 1.83. The Balaban J connectivity index is 2.65. The van der Waals surface area contributed by atoms with Gasteiger partial charge in [0.05, 0.1) is 0 Å². The first-order chi connectivity index (χ1) is 6.61. The highest BCUT2D eigenvalue weighted by Gasteiger charge is 2.16. The second-order valence-corrected chi connectivity index (χ2v) is 4.52. The number of rotatable bonds is 4. The molecule has 1 heteroatoms. The van der Waals surface area contributed by atoms with E-state index in [4.69, 9.17) is 0 Å². The molecule has 78 valence electrons. The number of benzene rings is 1. The van der Waals surface area contributed by atoms with Gasteiger partial charge in [0, 0.05) is 11.7 Å². The van der Waals surface area contributed by atoms with Crippen LogP contribution < -0.4 is 5.32 Å². The fraction of sp³-hybridized carbons (Fsp3) is 0.538. The van der Waals surface area contributed by atoms with Gasteiger partial charge in [-0.3, -0.25) is 0 Å². The number of anilines is 1. The molecule has 1 nitrogen and oxygen atoms in total. The summed E-state index contributed by atoms with van der Waals surface area (Å²) in [5.74, 6) is 1.32. The van der Waals surface area contributed by atoms with Crippen molar-refractivity contribution in [1.29, 1.82) is 0 Å². The Hall–Kier alpha value is -0.980. The normalized spacial score (nSPS) is 11.4. The molecule has 0 aromatic heterocycles. The topological polar surface area (TPSA) is 12.0 Å². The van der Waals surface area contributed by atoms with Crippen molar-refractivity contribution in [3.05, 3.63) is 30.3 Å². The van der Waals surface area contributed by atoms with Crippen molar-refractivity contribution < 1.29 is 0 Å². The van der Waals surface area contributed by atoms with E-state index < -0.39 is 0 Å². The van der Waals surface area contributed by atoms with Crippen LogP contribution in [0.1, 0.15) is 27.7 Å². The smallest absolute Gasteiger partial charge is 0.0342 e. The van der Waals surface area contributed by atoms with Crippen molar-refractivity contribution in [2.24, 2.45) is 11.8 Å². The molecule has 0 bridgehead atoms. The maximum atomic E-state index is 3.58. The lowest BCUT2D eigenvalue weighted by Crippen LogP contribution is -2.30. The van der Waals surface area contributed by atoms with E-state index in [2.05, 4.69) is 57.3 Å². The molecule has 1 N–H and O–H groups in total. The van der Waals surface area contributed by atoms with Crippen LogP contribution in [0.25, 0.3) is 0 Å². The molecule has 0 atom stereocenters. The molecule has 0 saturated heterocycles. The lowest BCUT2D eigenvalue weighted by atomic mass is 9.93. The fourth-order valence-electron chi connectivity index (χ4n) is 1.83. The molecule has 0 aliphatic rings. The predicted molar refractivity (Wildman–Crippen MR) is 63.5 cm³/mol. The van der Waals surface area contributed by atoms with Crippen molar-refractivity contribution in [2.45, 2.75) is 33.7 Å². The summed E-state index contributed by atoms with van der Waals surface area (Å²) in [6.07, 6.45) is 0. The molecule has 0 unspecified atom stereocenters. The molecule has 0 heterocycles. The van der Waals surface area contributed by atoms with Crippen LogP contribution in [0.15, 0.2) is 30.3 Å². The Labute approximate surface area is 87.5 Å². The molecular weight excluding hydrogens is 170 g/mol. The summed E-state index contributed by atoms with van der Waals surface area (Å²) >= 11 is 0. The summed E-state index contributed by atoms with van der Waals surface area (Å²) in [5, 5.41) is 3.58. The zero-order chi connectivity index (χ0) is 10.6. The molecule has 1 aromatic carbocycles. The molecule has 14 heavy (non-hydrogen) atoms. The lowest BCUT2D eigenvalue weighted by Gasteiger charge is -2.27. The molecule has 0 fully saturated rings. The van der Waals surface area contributed by atoms with Gasteiger partial charge in [-0.1, -0.05) is 45.9 Å². The number of hydrogen-bond donors (Lipinski definition) is 1. The molecule has 0 amide bonds. The highest BCUT2D eigenvalue weighted by Crippen LogP contribution is 2.18. The quantitative estimate of drug-likeness (QED) is 0.763. The minimum absolute atomic E-state index is 0.553. The van der Waals surface area contributed by atoms with E-state index in [1.165, 1.54) is 5.69 Å². The predicted octanol–water partition coefficient (Wildman–Crippen LogP) is 3.78. The number of hydrogen-bond acceptors (Lipinski definition) is 1. The third kappa shape index (κ3) is 3.06. The van der Waals surface area contributed by atoms with Crippen molar-refractivity contribution >= 4 is 5.69 Å². The molecular formula is C13H21N. The van der Waals surface area contributed by atoms with Crippen molar-refractivity contribution in [1.82, 2.24) is 0 Å². The van der Waals surface area contributed by atoms with Gasteiger partial charge < -0.3 is 5.32 Å². The number of para-hydroxylation sites is 1. The second-order valence-electron chi connectivity index (χ2n) is 4.52. The van der Waals surface area contributed by atoms with E-state index in [9.17, 15) is 0 Å². The van der Waals surface area contributed by atoms with E-state index in [0.29, 0.717) is 17.9 Å². The van der Waals surface area contributed by atoms with Crippen molar-refractivity contribution in [2.75, 3.05) is 5.32 Å². The van der Waals surface area contributed by atoms with Crippen LogP contribution in [0.5, 0.6) is 0 Å². The Morgan fingerprint density at radius 1 is 0.857 bits per heavy atom. The highest BCUT2D eigenvalue weighted by atomic mass is 14.9. The first kappa shape index (κ1) is 11.1. The second kappa shape index (κ2) is 5.04. The van der Waals surface area contributed by atoms with Crippen molar-refractivity contribution in [3.8, 4) is 0 Å². The third-order valence-electron chi connectivity index (χ3n) is 2.54. The highest BCUT2D eigenvalue weighted by molar-refractivity contribution is 5.43. The first-order valence-corrected chi connectivity index (χ1v) is 5.43. The van der Waals surface area contributed by atoms with Crippen LogP contribution in [0.3, 0.4) is 0 Å². The molecule has 0 aliphatic heterocycles. The maximum Gasteiger partial charge on any atom is 0.0342 e. The summed E-state index contributed by atoms with van der Waals surface area (Å²) in [6.45, 7) is 9.06. The standard InChI is InChI=1S/C13H21N/c1-10(2)13(11(3)4)14-12-8-6-5-7-9-12/h5-11,13-14H,1-4H3. The lowest BCUT2D eigenvalue weighted by molar-refractivity contribution is 0.413. The van der Waals surface area contributed by atoms with Gasteiger partial charge in [0.1, 0.15) is 0 Å². The van der Waals surface area contributed by atoms with E-state index in [1.807, 2.05) is 6.07 Å². The van der Waals surface area contributed by atoms with Gasteiger partial charge in [0.2, 0.25) is 0 Å². The average Bonchev–Trinajstić information content (AvgIpc) is 2.15. The summed E-state index contributed by atoms with van der Waals surface area (Å²) in [4.78, 5) is 0. The van der Waals surface area contributed by atoms with Crippen LogP contribution in [0, 0.1) is 11.8 Å². The van der Waals surface area contributed by atoms with Gasteiger partial charge >= 0.3 is 0 Å².